The Morgan fingerprint density at radius 3 is 2.62 bits per heavy atom. The number of halogens is 1. The van der Waals surface area contributed by atoms with E-state index in [9.17, 15) is 9.59 Å². The number of aromatic nitrogens is 1. The number of pyridine rings is 1. The molecule has 0 aliphatic carbocycles. The van der Waals surface area contributed by atoms with Gasteiger partial charge in [0.15, 0.2) is 0 Å². The summed E-state index contributed by atoms with van der Waals surface area (Å²) in [4.78, 5) is 26.5. The maximum atomic E-state index is 12.0. The van der Waals surface area contributed by atoms with Crippen LogP contribution in [0.4, 0.5) is 5.69 Å². The fourth-order valence-electron chi connectivity index (χ4n) is 1.56. The van der Waals surface area contributed by atoms with Gasteiger partial charge in [0.2, 0.25) is 0 Å². The first-order valence-electron chi connectivity index (χ1n) is 5.71. The molecule has 6 nitrogen and oxygen atoms in total. The van der Waals surface area contributed by atoms with Crippen LogP contribution in [0.1, 0.15) is 26.4 Å². The van der Waals surface area contributed by atoms with Crippen LogP contribution in [0.3, 0.4) is 0 Å². The fourth-order valence-corrected chi connectivity index (χ4v) is 1.92. The molecule has 0 aliphatic heterocycles. The van der Waals surface area contributed by atoms with Crippen LogP contribution in [0.2, 0.25) is 0 Å². The van der Waals surface area contributed by atoms with Crippen LogP contribution in [-0.2, 0) is 0 Å². The molecule has 0 aliphatic rings. The van der Waals surface area contributed by atoms with E-state index in [4.69, 9.17) is 10.4 Å². The van der Waals surface area contributed by atoms with E-state index in [2.05, 4.69) is 26.2 Å². The molecule has 0 spiro atoms. The van der Waals surface area contributed by atoms with Crippen LogP contribution in [-0.4, -0.2) is 22.0 Å². The van der Waals surface area contributed by atoms with Crippen molar-refractivity contribution in [2.24, 2.45) is 0 Å². The van der Waals surface area contributed by atoms with Crippen LogP contribution in [0.15, 0.2) is 41.0 Å². The number of amides is 1. The predicted octanol–water partition coefficient (Wildman–Crippen LogP) is 2.67. The SMILES string of the molecule is N#Cc1ccc(Br)cc1NC(=O)c1ccc(C(=O)O)cn1. The van der Waals surface area contributed by atoms with Crippen molar-refractivity contribution in [2.75, 3.05) is 5.32 Å². The van der Waals surface area contributed by atoms with Gasteiger partial charge in [0.1, 0.15) is 11.8 Å². The topological polar surface area (TPSA) is 103 Å². The average Bonchev–Trinajstić information content (AvgIpc) is 2.47. The Labute approximate surface area is 128 Å². The number of nitrogens with zero attached hydrogens (tertiary/aromatic N) is 2. The maximum Gasteiger partial charge on any atom is 0.337 e. The van der Waals surface area contributed by atoms with Crippen molar-refractivity contribution < 1.29 is 14.7 Å². The van der Waals surface area contributed by atoms with Gasteiger partial charge in [-0.3, -0.25) is 9.78 Å². The van der Waals surface area contributed by atoms with Crippen LogP contribution >= 0.6 is 15.9 Å². The summed E-state index contributed by atoms with van der Waals surface area (Å²) in [6.45, 7) is 0. The van der Waals surface area contributed by atoms with Crippen molar-refractivity contribution in [3.8, 4) is 6.07 Å². The molecule has 21 heavy (non-hydrogen) atoms. The van der Waals surface area contributed by atoms with Gasteiger partial charge in [-0.05, 0) is 30.3 Å². The van der Waals surface area contributed by atoms with Gasteiger partial charge in [0.25, 0.3) is 5.91 Å². The van der Waals surface area contributed by atoms with Crippen LogP contribution in [0.5, 0.6) is 0 Å². The number of benzene rings is 1. The molecule has 0 radical (unpaired) electrons. The summed E-state index contributed by atoms with van der Waals surface area (Å²) >= 11 is 3.26. The number of aromatic carboxylic acids is 1. The number of carboxylic acid groups (broad SMARTS) is 1. The number of rotatable bonds is 3. The van der Waals surface area contributed by atoms with Gasteiger partial charge >= 0.3 is 5.97 Å². The molecule has 0 saturated carbocycles. The molecule has 0 fully saturated rings. The summed E-state index contributed by atoms with van der Waals surface area (Å²) in [6, 6.07) is 9.42. The molecule has 2 N–H and O–H groups in total. The first-order valence-corrected chi connectivity index (χ1v) is 6.51. The van der Waals surface area contributed by atoms with Crippen LogP contribution in [0, 0.1) is 11.3 Å². The zero-order chi connectivity index (χ0) is 15.4. The highest BCUT2D eigenvalue weighted by Crippen LogP contribution is 2.21. The quantitative estimate of drug-likeness (QED) is 0.889. The van der Waals surface area contributed by atoms with E-state index in [0.29, 0.717) is 15.7 Å². The van der Waals surface area contributed by atoms with Gasteiger partial charge in [-0.1, -0.05) is 15.9 Å². The molecule has 2 rings (SSSR count). The van der Waals surface area contributed by atoms with E-state index in [-0.39, 0.29) is 11.3 Å². The predicted molar refractivity (Wildman–Crippen MR) is 78.0 cm³/mol. The highest BCUT2D eigenvalue weighted by atomic mass is 79.9. The smallest absolute Gasteiger partial charge is 0.337 e. The van der Waals surface area contributed by atoms with Crippen molar-refractivity contribution in [3.05, 3.63) is 57.8 Å². The summed E-state index contributed by atoms with van der Waals surface area (Å²) in [5.41, 5.74) is 0.713. The molecule has 0 unspecified atom stereocenters. The lowest BCUT2D eigenvalue weighted by Gasteiger charge is -2.07. The highest BCUT2D eigenvalue weighted by Gasteiger charge is 2.12. The molecule has 0 atom stereocenters. The normalized spacial score (nSPS) is 9.71. The Morgan fingerprint density at radius 1 is 1.29 bits per heavy atom. The van der Waals surface area contributed by atoms with Crippen molar-refractivity contribution in [2.45, 2.75) is 0 Å². The van der Waals surface area contributed by atoms with Crippen LogP contribution in [0.25, 0.3) is 0 Å². The Morgan fingerprint density at radius 2 is 2.05 bits per heavy atom. The number of nitriles is 1. The van der Waals surface area contributed by atoms with Crippen molar-refractivity contribution in [1.29, 1.82) is 5.26 Å². The minimum absolute atomic E-state index is 0.00767. The summed E-state index contributed by atoms with van der Waals surface area (Å²) < 4.78 is 0.714. The summed E-state index contributed by atoms with van der Waals surface area (Å²) in [7, 11) is 0. The average molecular weight is 346 g/mol. The largest absolute Gasteiger partial charge is 0.478 e. The monoisotopic (exact) mass is 345 g/mol. The van der Waals surface area contributed by atoms with Gasteiger partial charge in [0, 0.05) is 10.7 Å². The lowest BCUT2D eigenvalue weighted by Crippen LogP contribution is -2.15. The Kier molecular flexibility index (Phi) is 4.30. The second-order valence-electron chi connectivity index (χ2n) is 3.99. The number of carbonyl (C=O) groups excluding carboxylic acids is 1. The van der Waals surface area contributed by atoms with Crippen molar-refractivity contribution >= 4 is 33.5 Å². The maximum absolute atomic E-state index is 12.0. The van der Waals surface area contributed by atoms with Gasteiger partial charge in [-0.15, -0.1) is 0 Å². The van der Waals surface area contributed by atoms with E-state index >= 15 is 0 Å². The molecule has 1 heterocycles. The van der Waals surface area contributed by atoms with Crippen LogP contribution < -0.4 is 5.32 Å². The standard InChI is InChI=1S/C14H8BrN3O3/c15-10-3-1-8(6-16)12(5-10)18-13(19)11-4-2-9(7-17-11)14(20)21/h1-5,7H,(H,18,19)(H,20,21). The number of hydrogen-bond acceptors (Lipinski definition) is 4. The van der Waals surface area contributed by atoms with E-state index < -0.39 is 11.9 Å². The first-order chi connectivity index (χ1) is 10.0. The third kappa shape index (κ3) is 3.43. The number of carbonyl (C=O) groups is 2. The Balaban J connectivity index is 2.24. The lowest BCUT2D eigenvalue weighted by atomic mass is 10.2. The van der Waals surface area contributed by atoms with Gasteiger partial charge in [0.05, 0.1) is 16.8 Å². The van der Waals surface area contributed by atoms with Gasteiger partial charge < -0.3 is 10.4 Å². The summed E-state index contributed by atoms with van der Waals surface area (Å²) in [5, 5.41) is 20.3. The van der Waals surface area contributed by atoms with Gasteiger partial charge in [-0.2, -0.15) is 5.26 Å². The van der Waals surface area contributed by atoms with E-state index in [0.717, 1.165) is 6.20 Å². The Hall–Kier alpha value is -2.72. The Bertz CT molecular complexity index is 751. The molecular formula is C14H8BrN3O3. The second kappa shape index (κ2) is 6.15. The third-order valence-corrected chi connectivity index (χ3v) is 3.09. The van der Waals surface area contributed by atoms with Crippen molar-refractivity contribution in [1.82, 2.24) is 4.98 Å². The number of anilines is 1. The van der Waals surface area contributed by atoms with Gasteiger partial charge in [-0.25, -0.2) is 4.79 Å². The molecule has 0 bridgehead atoms. The molecule has 2 aromatic rings. The van der Waals surface area contributed by atoms with E-state index in [1.54, 1.807) is 18.2 Å². The number of nitrogens with one attached hydrogen (secondary N) is 1. The molecule has 1 aromatic carbocycles. The molecule has 1 aromatic heterocycles. The van der Waals surface area contributed by atoms with E-state index in [1.807, 2.05) is 6.07 Å². The first kappa shape index (κ1) is 14.7. The molecule has 0 saturated heterocycles. The third-order valence-electron chi connectivity index (χ3n) is 2.59. The number of hydrogen-bond donors (Lipinski definition) is 2. The molecule has 7 heteroatoms. The zero-order valence-electron chi connectivity index (χ0n) is 10.5. The second-order valence-corrected chi connectivity index (χ2v) is 4.91. The fraction of sp³-hybridized carbons (Fsp3) is 0. The molecule has 1 amide bonds. The summed E-state index contributed by atoms with van der Waals surface area (Å²) in [6.07, 6.45) is 1.10. The highest BCUT2D eigenvalue weighted by molar-refractivity contribution is 9.10. The van der Waals surface area contributed by atoms with Crippen molar-refractivity contribution in [3.63, 3.8) is 0 Å². The molecular weight excluding hydrogens is 338 g/mol. The minimum atomic E-state index is -1.12. The zero-order valence-corrected chi connectivity index (χ0v) is 12.1. The van der Waals surface area contributed by atoms with E-state index in [1.165, 1.54) is 12.1 Å². The lowest BCUT2D eigenvalue weighted by molar-refractivity contribution is 0.0696. The minimum Gasteiger partial charge on any atom is -0.478 e. The molecule has 104 valence electrons. The summed E-state index contributed by atoms with van der Waals surface area (Å²) in [5.74, 6) is -1.64. The number of carboxylic acids is 1.